The molecule has 0 aromatic carbocycles. The van der Waals surface area contributed by atoms with Gasteiger partial charge in [0.2, 0.25) is 0 Å². The standard InChI is InChI=1S/C22H36O3/c1-4-17-20-15-12-14(16(13-15)21(20)18(5-2)24-17)8-9-19(23)25-22(3)10-6-7-11-22/h14-18,20-21H,4-13H2,1-3H3. The minimum atomic E-state index is -0.169. The average Bonchev–Trinajstić information content (AvgIpc) is 3.33. The molecule has 4 aliphatic rings. The summed E-state index contributed by atoms with van der Waals surface area (Å²) in [4.78, 5) is 12.4. The van der Waals surface area contributed by atoms with Crippen LogP contribution in [-0.4, -0.2) is 23.8 Å². The van der Waals surface area contributed by atoms with E-state index in [1.165, 1.54) is 25.7 Å². The van der Waals surface area contributed by atoms with Gasteiger partial charge in [-0.3, -0.25) is 4.79 Å². The molecule has 0 N–H and O–H groups in total. The highest BCUT2D eigenvalue weighted by Gasteiger charge is 2.60. The highest BCUT2D eigenvalue weighted by molar-refractivity contribution is 5.69. The van der Waals surface area contributed by atoms with Gasteiger partial charge in [0, 0.05) is 6.42 Å². The summed E-state index contributed by atoms with van der Waals surface area (Å²) < 4.78 is 12.2. The number of ether oxygens (including phenoxy) is 2. The van der Waals surface area contributed by atoms with Crippen LogP contribution < -0.4 is 0 Å². The lowest BCUT2D eigenvalue weighted by atomic mass is 9.69. The zero-order valence-electron chi connectivity index (χ0n) is 16.3. The number of rotatable bonds is 6. The van der Waals surface area contributed by atoms with Gasteiger partial charge in [-0.1, -0.05) is 13.8 Å². The molecule has 2 bridgehead atoms. The first kappa shape index (κ1) is 17.8. The van der Waals surface area contributed by atoms with Crippen LogP contribution in [0.4, 0.5) is 0 Å². The van der Waals surface area contributed by atoms with E-state index < -0.39 is 0 Å². The molecule has 0 spiro atoms. The molecule has 3 saturated carbocycles. The fraction of sp³-hybridized carbons (Fsp3) is 0.955. The predicted octanol–water partition coefficient (Wildman–Crippen LogP) is 5.12. The van der Waals surface area contributed by atoms with E-state index >= 15 is 0 Å². The van der Waals surface area contributed by atoms with Crippen molar-refractivity contribution >= 4 is 5.97 Å². The second-order valence-electron chi connectivity index (χ2n) is 9.51. The summed E-state index contributed by atoms with van der Waals surface area (Å²) in [6.45, 7) is 6.68. The number of carbonyl (C=O) groups is 1. The van der Waals surface area contributed by atoms with Gasteiger partial charge in [-0.2, -0.15) is 0 Å². The lowest BCUT2D eigenvalue weighted by Crippen LogP contribution is -2.33. The lowest BCUT2D eigenvalue weighted by molar-refractivity contribution is -0.158. The van der Waals surface area contributed by atoms with Crippen molar-refractivity contribution in [3.8, 4) is 0 Å². The summed E-state index contributed by atoms with van der Waals surface area (Å²) in [6, 6.07) is 0. The maximum Gasteiger partial charge on any atom is 0.306 e. The highest BCUT2D eigenvalue weighted by Crippen LogP contribution is 2.62. The molecule has 142 valence electrons. The van der Waals surface area contributed by atoms with E-state index in [0.717, 1.165) is 61.7 Å². The molecule has 7 unspecified atom stereocenters. The van der Waals surface area contributed by atoms with E-state index in [-0.39, 0.29) is 11.6 Å². The molecule has 3 aliphatic carbocycles. The first-order chi connectivity index (χ1) is 12.0. The van der Waals surface area contributed by atoms with Crippen LogP contribution in [0.15, 0.2) is 0 Å². The summed E-state index contributed by atoms with van der Waals surface area (Å²) >= 11 is 0. The molecule has 0 aromatic rings. The number of esters is 1. The van der Waals surface area contributed by atoms with Crippen LogP contribution in [0, 0.1) is 29.6 Å². The largest absolute Gasteiger partial charge is 0.459 e. The van der Waals surface area contributed by atoms with Crippen LogP contribution in [-0.2, 0) is 14.3 Å². The second kappa shape index (κ2) is 6.87. The smallest absolute Gasteiger partial charge is 0.306 e. The third-order valence-electron chi connectivity index (χ3n) is 8.02. The van der Waals surface area contributed by atoms with Gasteiger partial charge in [0.05, 0.1) is 12.2 Å². The van der Waals surface area contributed by atoms with E-state index in [2.05, 4.69) is 20.8 Å². The summed E-state index contributed by atoms with van der Waals surface area (Å²) in [6.07, 6.45) is 12.2. The van der Waals surface area contributed by atoms with Crippen LogP contribution in [0.3, 0.4) is 0 Å². The van der Waals surface area contributed by atoms with Crippen molar-refractivity contribution in [1.82, 2.24) is 0 Å². The monoisotopic (exact) mass is 348 g/mol. The Kier molecular flexibility index (Phi) is 4.90. The molecule has 4 rings (SSSR count). The van der Waals surface area contributed by atoms with Crippen molar-refractivity contribution in [2.24, 2.45) is 29.6 Å². The van der Waals surface area contributed by atoms with Crippen molar-refractivity contribution in [2.75, 3.05) is 0 Å². The molecule has 0 amide bonds. The van der Waals surface area contributed by atoms with Gasteiger partial charge >= 0.3 is 5.97 Å². The summed E-state index contributed by atoms with van der Waals surface area (Å²) in [5, 5.41) is 0. The van der Waals surface area contributed by atoms with Crippen LogP contribution in [0.25, 0.3) is 0 Å². The number of carbonyl (C=O) groups excluding carboxylic acids is 1. The fourth-order valence-electron chi connectivity index (χ4n) is 6.99. The average molecular weight is 349 g/mol. The Balaban J connectivity index is 1.32. The van der Waals surface area contributed by atoms with E-state index in [9.17, 15) is 4.79 Å². The molecule has 7 atom stereocenters. The van der Waals surface area contributed by atoms with Gasteiger partial charge in [-0.25, -0.2) is 0 Å². The van der Waals surface area contributed by atoms with Crippen LogP contribution in [0.2, 0.25) is 0 Å². The normalized spacial score (nSPS) is 44.2. The molecule has 4 fully saturated rings. The Morgan fingerprint density at radius 1 is 1.08 bits per heavy atom. The first-order valence-corrected chi connectivity index (χ1v) is 10.9. The quantitative estimate of drug-likeness (QED) is 0.625. The summed E-state index contributed by atoms with van der Waals surface area (Å²) in [5.41, 5.74) is -0.169. The van der Waals surface area contributed by atoms with Crippen molar-refractivity contribution < 1.29 is 14.3 Å². The van der Waals surface area contributed by atoms with Crippen LogP contribution >= 0.6 is 0 Å². The van der Waals surface area contributed by atoms with Crippen molar-refractivity contribution in [1.29, 1.82) is 0 Å². The van der Waals surface area contributed by atoms with E-state index in [1.54, 1.807) is 0 Å². The molecular weight excluding hydrogens is 312 g/mol. The molecule has 0 aromatic heterocycles. The SMILES string of the molecule is CCC1OC(CC)C2C3CC(CC3CCC(=O)OC3(C)CCCC3)C12. The Bertz CT molecular complexity index is 496. The van der Waals surface area contributed by atoms with E-state index in [4.69, 9.17) is 9.47 Å². The first-order valence-electron chi connectivity index (χ1n) is 10.9. The molecule has 1 aliphatic heterocycles. The molecule has 0 radical (unpaired) electrons. The predicted molar refractivity (Wildman–Crippen MR) is 98.1 cm³/mol. The van der Waals surface area contributed by atoms with E-state index in [1.807, 2.05) is 0 Å². The van der Waals surface area contributed by atoms with Crippen LogP contribution in [0.1, 0.15) is 85.0 Å². The van der Waals surface area contributed by atoms with Gasteiger partial charge in [-0.05, 0) is 94.3 Å². The number of hydrogen-bond donors (Lipinski definition) is 0. The maximum absolute atomic E-state index is 12.4. The fourth-order valence-corrected chi connectivity index (χ4v) is 6.99. The summed E-state index contributed by atoms with van der Waals surface area (Å²) in [7, 11) is 0. The third kappa shape index (κ3) is 3.15. The molecule has 3 heteroatoms. The van der Waals surface area contributed by atoms with Gasteiger partial charge in [-0.15, -0.1) is 0 Å². The topological polar surface area (TPSA) is 35.5 Å². The van der Waals surface area contributed by atoms with Crippen molar-refractivity contribution in [3.63, 3.8) is 0 Å². The molecule has 1 heterocycles. The minimum absolute atomic E-state index is 0.0462. The number of fused-ring (bicyclic) bond motifs is 5. The summed E-state index contributed by atoms with van der Waals surface area (Å²) in [5.74, 6) is 3.99. The zero-order chi connectivity index (χ0) is 17.6. The number of hydrogen-bond acceptors (Lipinski definition) is 3. The van der Waals surface area contributed by atoms with Gasteiger partial charge in [0.15, 0.2) is 0 Å². The minimum Gasteiger partial charge on any atom is -0.459 e. The molecule has 25 heavy (non-hydrogen) atoms. The Labute approximate surface area is 153 Å². The third-order valence-corrected chi connectivity index (χ3v) is 8.02. The molecule has 3 nitrogen and oxygen atoms in total. The second-order valence-corrected chi connectivity index (χ2v) is 9.51. The lowest BCUT2D eigenvalue weighted by Gasteiger charge is -2.34. The van der Waals surface area contributed by atoms with Crippen molar-refractivity contribution in [2.45, 2.75) is 103 Å². The van der Waals surface area contributed by atoms with Gasteiger partial charge in [0.1, 0.15) is 5.60 Å². The van der Waals surface area contributed by atoms with Gasteiger partial charge < -0.3 is 9.47 Å². The van der Waals surface area contributed by atoms with E-state index in [0.29, 0.717) is 18.6 Å². The molecule has 1 saturated heterocycles. The Morgan fingerprint density at radius 3 is 2.44 bits per heavy atom. The maximum atomic E-state index is 12.4. The van der Waals surface area contributed by atoms with Crippen molar-refractivity contribution in [3.05, 3.63) is 0 Å². The van der Waals surface area contributed by atoms with Crippen LogP contribution in [0.5, 0.6) is 0 Å². The Hall–Kier alpha value is -0.570. The highest BCUT2D eigenvalue weighted by atomic mass is 16.6. The Morgan fingerprint density at radius 2 is 1.76 bits per heavy atom. The zero-order valence-corrected chi connectivity index (χ0v) is 16.3. The van der Waals surface area contributed by atoms with Gasteiger partial charge in [0.25, 0.3) is 0 Å². The molecular formula is C22H36O3.